The van der Waals surface area contributed by atoms with Crippen LogP contribution in [0.4, 0.5) is 4.79 Å². The first-order chi connectivity index (χ1) is 9.56. The highest BCUT2D eigenvalue weighted by molar-refractivity contribution is 5.78. The van der Waals surface area contributed by atoms with Crippen LogP contribution in [-0.4, -0.2) is 17.7 Å². The quantitative estimate of drug-likeness (QED) is 0.626. The Morgan fingerprint density at radius 1 is 1.35 bits per heavy atom. The number of allylic oxidation sites excluding steroid dienone is 1. The van der Waals surface area contributed by atoms with Gasteiger partial charge < -0.3 is 20.1 Å². The van der Waals surface area contributed by atoms with Gasteiger partial charge in [0.2, 0.25) is 6.79 Å². The van der Waals surface area contributed by atoms with Gasteiger partial charge in [-0.3, -0.25) is 10.1 Å². The Labute approximate surface area is 113 Å². The van der Waals surface area contributed by atoms with E-state index in [1.807, 2.05) is 0 Å². The number of benzene rings is 1. The zero-order valence-corrected chi connectivity index (χ0v) is 10.5. The maximum absolute atomic E-state index is 11.5. The molecular weight excluding hydrogens is 266 g/mol. The van der Waals surface area contributed by atoms with Gasteiger partial charge in [-0.25, -0.2) is 4.79 Å². The van der Waals surface area contributed by atoms with Crippen LogP contribution >= 0.6 is 0 Å². The van der Waals surface area contributed by atoms with Crippen molar-refractivity contribution < 1.29 is 19.2 Å². The van der Waals surface area contributed by atoms with Crippen molar-refractivity contribution >= 4 is 6.03 Å². The van der Waals surface area contributed by atoms with E-state index in [2.05, 4.69) is 10.6 Å². The Hall–Kier alpha value is -2.77. The van der Waals surface area contributed by atoms with Gasteiger partial charge in [-0.1, -0.05) is 6.07 Å². The SMILES string of the molecule is CC1=C([N+](=O)[O-])[C@H](c2ccc3c(c2)OCO3)NC(=O)N1. The fourth-order valence-corrected chi connectivity index (χ4v) is 2.26. The number of fused-ring (bicyclic) bond motifs is 1. The first-order valence-corrected chi connectivity index (χ1v) is 5.88. The molecule has 2 heterocycles. The highest BCUT2D eigenvalue weighted by atomic mass is 16.7. The van der Waals surface area contributed by atoms with Crippen molar-refractivity contribution in [2.75, 3.05) is 6.79 Å². The van der Waals surface area contributed by atoms with Crippen molar-refractivity contribution in [1.82, 2.24) is 10.6 Å². The highest BCUT2D eigenvalue weighted by Gasteiger charge is 2.35. The van der Waals surface area contributed by atoms with Gasteiger partial charge >= 0.3 is 6.03 Å². The molecule has 0 aliphatic carbocycles. The van der Waals surface area contributed by atoms with Gasteiger partial charge in [0.15, 0.2) is 11.5 Å². The van der Waals surface area contributed by atoms with Crippen LogP contribution in [0.3, 0.4) is 0 Å². The summed E-state index contributed by atoms with van der Waals surface area (Å²) in [5.41, 5.74) is 0.694. The van der Waals surface area contributed by atoms with Gasteiger partial charge in [-0.05, 0) is 24.6 Å². The topological polar surface area (TPSA) is 103 Å². The summed E-state index contributed by atoms with van der Waals surface area (Å²) in [5, 5.41) is 16.1. The fourth-order valence-electron chi connectivity index (χ4n) is 2.26. The zero-order chi connectivity index (χ0) is 14.3. The standard InChI is InChI=1S/C12H11N3O5/c1-6-11(15(17)18)10(14-12(16)13-6)7-2-3-8-9(4-7)20-5-19-8/h2-4,10H,5H2,1H3,(H2,13,14,16)/t10-/m0/s1. The average Bonchev–Trinajstić information content (AvgIpc) is 2.84. The molecule has 2 aliphatic heterocycles. The minimum Gasteiger partial charge on any atom is -0.454 e. The van der Waals surface area contributed by atoms with E-state index in [0.717, 1.165) is 0 Å². The summed E-state index contributed by atoms with van der Waals surface area (Å²) in [7, 11) is 0. The molecular formula is C12H11N3O5. The largest absolute Gasteiger partial charge is 0.454 e. The number of ether oxygens (including phenoxy) is 2. The van der Waals surface area contributed by atoms with Gasteiger partial charge in [0, 0.05) is 0 Å². The molecule has 104 valence electrons. The van der Waals surface area contributed by atoms with E-state index in [9.17, 15) is 14.9 Å². The number of hydrogen-bond donors (Lipinski definition) is 2. The van der Waals surface area contributed by atoms with Crippen molar-refractivity contribution in [3.8, 4) is 11.5 Å². The predicted octanol–water partition coefficient (Wildman–Crippen LogP) is 1.28. The van der Waals surface area contributed by atoms with Crippen LogP contribution in [0.2, 0.25) is 0 Å². The number of rotatable bonds is 2. The van der Waals surface area contributed by atoms with E-state index >= 15 is 0 Å². The number of urea groups is 1. The Bertz CT molecular complexity index is 640. The minimum absolute atomic E-state index is 0.0940. The second kappa shape index (κ2) is 4.41. The summed E-state index contributed by atoms with van der Waals surface area (Å²) < 4.78 is 10.4. The van der Waals surface area contributed by atoms with Gasteiger partial charge in [0.1, 0.15) is 6.04 Å². The normalized spacial score (nSPS) is 20.4. The molecule has 0 unspecified atom stereocenters. The number of nitrogens with one attached hydrogen (secondary N) is 2. The van der Waals surface area contributed by atoms with Crippen LogP contribution in [0, 0.1) is 10.1 Å². The third kappa shape index (κ3) is 1.91. The van der Waals surface area contributed by atoms with E-state index in [1.54, 1.807) is 18.2 Å². The lowest BCUT2D eigenvalue weighted by atomic mass is 10.0. The van der Waals surface area contributed by atoms with Crippen LogP contribution in [0.25, 0.3) is 0 Å². The molecule has 1 atom stereocenters. The molecule has 8 nitrogen and oxygen atoms in total. The van der Waals surface area contributed by atoms with Crippen molar-refractivity contribution in [2.24, 2.45) is 0 Å². The summed E-state index contributed by atoms with van der Waals surface area (Å²) in [6.45, 7) is 1.62. The Balaban J connectivity index is 2.05. The van der Waals surface area contributed by atoms with Gasteiger partial charge in [-0.15, -0.1) is 0 Å². The molecule has 0 aromatic heterocycles. The molecule has 2 aliphatic rings. The Morgan fingerprint density at radius 3 is 2.85 bits per heavy atom. The van der Waals surface area contributed by atoms with Crippen molar-refractivity contribution in [3.63, 3.8) is 0 Å². The van der Waals surface area contributed by atoms with Crippen molar-refractivity contribution in [1.29, 1.82) is 0 Å². The van der Waals surface area contributed by atoms with Crippen molar-refractivity contribution in [3.05, 3.63) is 45.3 Å². The molecule has 0 saturated carbocycles. The molecule has 1 aromatic rings. The molecule has 2 N–H and O–H groups in total. The molecule has 0 fully saturated rings. The van der Waals surface area contributed by atoms with Crippen LogP contribution in [0.15, 0.2) is 29.6 Å². The van der Waals surface area contributed by atoms with Gasteiger partial charge in [0.25, 0.3) is 5.70 Å². The summed E-state index contributed by atoms with van der Waals surface area (Å²) >= 11 is 0. The third-order valence-corrected chi connectivity index (χ3v) is 3.16. The lowest BCUT2D eigenvalue weighted by Gasteiger charge is -2.23. The number of nitro groups is 1. The number of hydrogen-bond acceptors (Lipinski definition) is 5. The zero-order valence-electron chi connectivity index (χ0n) is 10.5. The first kappa shape index (κ1) is 12.3. The lowest BCUT2D eigenvalue weighted by molar-refractivity contribution is -0.432. The van der Waals surface area contributed by atoms with Gasteiger partial charge in [0.05, 0.1) is 10.6 Å². The van der Waals surface area contributed by atoms with E-state index < -0.39 is 17.0 Å². The van der Waals surface area contributed by atoms with Crippen LogP contribution in [0.1, 0.15) is 18.5 Å². The smallest absolute Gasteiger partial charge is 0.320 e. The Morgan fingerprint density at radius 2 is 2.10 bits per heavy atom. The summed E-state index contributed by atoms with van der Waals surface area (Å²) in [5.74, 6) is 1.09. The minimum atomic E-state index is -0.826. The molecule has 0 saturated heterocycles. The van der Waals surface area contributed by atoms with E-state index in [-0.39, 0.29) is 18.2 Å². The molecule has 2 amide bonds. The molecule has 0 radical (unpaired) electrons. The highest BCUT2D eigenvalue weighted by Crippen LogP contribution is 2.36. The predicted molar refractivity (Wildman–Crippen MR) is 66.7 cm³/mol. The molecule has 8 heteroatoms. The molecule has 0 spiro atoms. The molecule has 3 rings (SSSR count). The van der Waals surface area contributed by atoms with Crippen LogP contribution in [0.5, 0.6) is 11.5 Å². The van der Waals surface area contributed by atoms with Crippen molar-refractivity contribution in [2.45, 2.75) is 13.0 Å². The van der Waals surface area contributed by atoms with E-state index in [1.165, 1.54) is 6.92 Å². The average molecular weight is 277 g/mol. The molecule has 0 bridgehead atoms. The Kier molecular flexibility index (Phi) is 2.70. The summed E-state index contributed by atoms with van der Waals surface area (Å²) in [6, 6.07) is 3.67. The number of nitrogens with zero attached hydrogens (tertiary/aromatic N) is 1. The van der Waals surface area contributed by atoms with Gasteiger partial charge in [-0.2, -0.15) is 0 Å². The van der Waals surface area contributed by atoms with Crippen LogP contribution < -0.4 is 20.1 Å². The molecule has 20 heavy (non-hydrogen) atoms. The number of carbonyl (C=O) groups is 1. The van der Waals surface area contributed by atoms with E-state index in [4.69, 9.17) is 9.47 Å². The maximum atomic E-state index is 11.5. The van der Waals surface area contributed by atoms with E-state index in [0.29, 0.717) is 17.1 Å². The summed E-state index contributed by atoms with van der Waals surface area (Å²) in [4.78, 5) is 22.2. The maximum Gasteiger partial charge on any atom is 0.320 e. The second-order valence-electron chi connectivity index (χ2n) is 4.41. The summed E-state index contributed by atoms with van der Waals surface area (Å²) in [6.07, 6.45) is 0. The third-order valence-electron chi connectivity index (χ3n) is 3.16. The van der Waals surface area contributed by atoms with Crippen LogP contribution in [-0.2, 0) is 0 Å². The lowest BCUT2D eigenvalue weighted by Crippen LogP contribution is -2.44. The monoisotopic (exact) mass is 277 g/mol. The number of amides is 2. The fraction of sp³-hybridized carbons (Fsp3) is 0.250. The first-order valence-electron chi connectivity index (χ1n) is 5.88. The number of carbonyl (C=O) groups excluding carboxylic acids is 1. The molecule has 1 aromatic carbocycles. The second-order valence-corrected chi connectivity index (χ2v) is 4.41.